The number of hydrogen-bond donors (Lipinski definition) is 1. The minimum atomic E-state index is -0.515. The largest absolute Gasteiger partial charge is 0.338 e. The van der Waals surface area contributed by atoms with Crippen LogP contribution >= 0.6 is 24.0 Å². The first-order chi connectivity index (χ1) is 8.81. The molecule has 3 nitrogen and oxygen atoms in total. The van der Waals surface area contributed by atoms with Gasteiger partial charge in [-0.1, -0.05) is 25.4 Å². The molecule has 1 fully saturated rings. The molecule has 0 spiro atoms. The quantitative estimate of drug-likeness (QED) is 0.864. The van der Waals surface area contributed by atoms with Crippen LogP contribution in [0.5, 0.6) is 0 Å². The molecule has 1 saturated heterocycles. The lowest BCUT2D eigenvalue weighted by Crippen LogP contribution is -2.54. The van der Waals surface area contributed by atoms with E-state index >= 15 is 0 Å². The van der Waals surface area contributed by atoms with Crippen LogP contribution in [0.15, 0.2) is 18.2 Å². The van der Waals surface area contributed by atoms with Gasteiger partial charge in [-0.25, -0.2) is 4.39 Å². The molecular formula is C14H19Cl2FN2O. The van der Waals surface area contributed by atoms with Gasteiger partial charge in [-0.2, -0.15) is 0 Å². The van der Waals surface area contributed by atoms with E-state index < -0.39 is 5.82 Å². The number of nitrogens with two attached hydrogens (primary N) is 1. The first-order valence-corrected chi connectivity index (χ1v) is 6.69. The maximum atomic E-state index is 13.1. The fraction of sp³-hybridized carbons (Fsp3) is 0.500. The minimum Gasteiger partial charge on any atom is -0.338 e. The lowest BCUT2D eigenvalue weighted by atomic mass is 9.79. The van der Waals surface area contributed by atoms with Crippen LogP contribution in [0.2, 0.25) is 5.02 Å². The van der Waals surface area contributed by atoms with Crippen LogP contribution in [-0.2, 0) is 0 Å². The van der Waals surface area contributed by atoms with E-state index in [-0.39, 0.29) is 34.8 Å². The molecule has 1 aliphatic rings. The average molecular weight is 321 g/mol. The zero-order chi connectivity index (χ0) is 14.2. The second kappa shape index (κ2) is 6.29. The SMILES string of the molecule is CC1(C)CN(C(=O)c2ccc(F)c(Cl)c2)CCC1N.Cl. The number of rotatable bonds is 1. The highest BCUT2D eigenvalue weighted by molar-refractivity contribution is 6.31. The fourth-order valence-corrected chi connectivity index (χ4v) is 2.54. The summed E-state index contributed by atoms with van der Waals surface area (Å²) >= 11 is 5.71. The summed E-state index contributed by atoms with van der Waals surface area (Å²) in [5.74, 6) is -0.638. The number of carbonyl (C=O) groups is 1. The van der Waals surface area contributed by atoms with Crippen LogP contribution in [0, 0.1) is 11.2 Å². The van der Waals surface area contributed by atoms with E-state index in [9.17, 15) is 9.18 Å². The number of halogens is 3. The summed E-state index contributed by atoms with van der Waals surface area (Å²) in [4.78, 5) is 14.1. The molecule has 0 aromatic heterocycles. The van der Waals surface area contributed by atoms with Gasteiger partial charge in [-0.05, 0) is 30.0 Å². The second-order valence-corrected chi connectivity index (χ2v) is 6.15. The Labute approximate surface area is 129 Å². The van der Waals surface area contributed by atoms with Crippen LogP contribution < -0.4 is 5.73 Å². The lowest BCUT2D eigenvalue weighted by molar-refractivity contribution is 0.0533. The minimum absolute atomic E-state index is 0. The molecule has 6 heteroatoms. The normalized spacial score (nSPS) is 21.2. The Kier molecular flexibility index (Phi) is 5.41. The van der Waals surface area contributed by atoms with E-state index in [4.69, 9.17) is 17.3 Å². The average Bonchev–Trinajstić information content (AvgIpc) is 2.35. The second-order valence-electron chi connectivity index (χ2n) is 5.74. The van der Waals surface area contributed by atoms with Crippen LogP contribution in [0.4, 0.5) is 4.39 Å². The summed E-state index contributed by atoms with van der Waals surface area (Å²) in [6, 6.07) is 4.15. The Hall–Kier alpha value is -0.840. The molecule has 0 saturated carbocycles. The third-order valence-corrected chi connectivity index (χ3v) is 4.06. The fourth-order valence-electron chi connectivity index (χ4n) is 2.36. The Balaban J connectivity index is 0.00000200. The molecule has 1 amide bonds. The van der Waals surface area contributed by atoms with Crippen molar-refractivity contribution in [2.45, 2.75) is 26.3 Å². The van der Waals surface area contributed by atoms with Gasteiger partial charge >= 0.3 is 0 Å². The summed E-state index contributed by atoms with van der Waals surface area (Å²) in [7, 11) is 0. The van der Waals surface area contributed by atoms with Gasteiger partial charge in [0.05, 0.1) is 5.02 Å². The summed E-state index contributed by atoms with van der Waals surface area (Å²) in [6.45, 7) is 5.32. The molecule has 0 aliphatic carbocycles. The number of carbonyl (C=O) groups excluding carboxylic acids is 1. The van der Waals surface area contributed by atoms with Crippen LogP contribution in [-0.4, -0.2) is 29.9 Å². The van der Waals surface area contributed by atoms with Crippen molar-refractivity contribution in [1.29, 1.82) is 0 Å². The molecule has 2 rings (SSSR count). The van der Waals surface area contributed by atoms with Crippen LogP contribution in [0.1, 0.15) is 30.6 Å². The molecule has 1 unspecified atom stereocenters. The predicted octanol–water partition coefficient (Wildman–Crippen LogP) is 3.10. The van der Waals surface area contributed by atoms with E-state index in [1.807, 2.05) is 0 Å². The van der Waals surface area contributed by atoms with Crippen molar-refractivity contribution in [2.24, 2.45) is 11.1 Å². The van der Waals surface area contributed by atoms with E-state index in [1.54, 1.807) is 4.90 Å². The number of hydrogen-bond acceptors (Lipinski definition) is 2. The summed E-state index contributed by atoms with van der Waals surface area (Å²) in [5, 5.41) is -0.0289. The van der Waals surface area contributed by atoms with Gasteiger partial charge < -0.3 is 10.6 Å². The van der Waals surface area contributed by atoms with E-state index in [1.165, 1.54) is 18.2 Å². The van der Waals surface area contributed by atoms with Crippen LogP contribution in [0.3, 0.4) is 0 Å². The van der Waals surface area contributed by atoms with E-state index in [0.717, 1.165) is 6.42 Å². The van der Waals surface area contributed by atoms with Crippen molar-refractivity contribution < 1.29 is 9.18 Å². The summed E-state index contributed by atoms with van der Waals surface area (Å²) in [6.07, 6.45) is 0.771. The van der Waals surface area contributed by atoms with Crippen molar-refractivity contribution in [3.8, 4) is 0 Å². The molecule has 1 aromatic rings. The first-order valence-electron chi connectivity index (χ1n) is 6.31. The molecule has 0 bridgehead atoms. The summed E-state index contributed by atoms with van der Waals surface area (Å²) < 4.78 is 13.1. The van der Waals surface area contributed by atoms with Gasteiger partial charge in [0, 0.05) is 24.7 Å². The van der Waals surface area contributed by atoms with E-state index in [2.05, 4.69) is 13.8 Å². The highest BCUT2D eigenvalue weighted by atomic mass is 35.5. The molecule has 112 valence electrons. The Morgan fingerprint density at radius 3 is 2.70 bits per heavy atom. The van der Waals surface area contributed by atoms with Crippen molar-refractivity contribution >= 4 is 29.9 Å². The maximum absolute atomic E-state index is 13.1. The third kappa shape index (κ3) is 3.43. The predicted molar refractivity (Wildman–Crippen MR) is 80.9 cm³/mol. The first kappa shape index (κ1) is 17.2. The lowest BCUT2D eigenvalue weighted by Gasteiger charge is -2.42. The standard InChI is InChI=1S/C14H18ClFN2O.ClH/c1-14(2)8-18(6-5-12(14)17)13(19)9-3-4-11(16)10(15)7-9;/h3-4,7,12H,5-6,8,17H2,1-2H3;1H. The van der Waals surface area contributed by atoms with Crippen LogP contribution in [0.25, 0.3) is 0 Å². The monoisotopic (exact) mass is 320 g/mol. The Morgan fingerprint density at radius 2 is 2.15 bits per heavy atom. The zero-order valence-electron chi connectivity index (χ0n) is 11.5. The van der Waals surface area contributed by atoms with Gasteiger partial charge in [0.15, 0.2) is 0 Å². The highest BCUT2D eigenvalue weighted by Gasteiger charge is 2.35. The Morgan fingerprint density at radius 1 is 1.50 bits per heavy atom. The topological polar surface area (TPSA) is 46.3 Å². The number of piperidine rings is 1. The number of nitrogens with zero attached hydrogens (tertiary/aromatic N) is 1. The molecule has 1 aliphatic heterocycles. The molecule has 20 heavy (non-hydrogen) atoms. The van der Waals surface area contributed by atoms with Crippen molar-refractivity contribution in [1.82, 2.24) is 4.90 Å². The van der Waals surface area contributed by atoms with Gasteiger partial charge in [0.1, 0.15) is 5.82 Å². The van der Waals surface area contributed by atoms with Crippen molar-refractivity contribution in [3.63, 3.8) is 0 Å². The van der Waals surface area contributed by atoms with Crippen molar-refractivity contribution in [3.05, 3.63) is 34.6 Å². The summed E-state index contributed by atoms with van der Waals surface area (Å²) in [5.41, 5.74) is 6.35. The molecule has 0 radical (unpaired) electrons. The smallest absolute Gasteiger partial charge is 0.253 e. The Bertz CT molecular complexity index is 508. The maximum Gasteiger partial charge on any atom is 0.253 e. The van der Waals surface area contributed by atoms with E-state index in [0.29, 0.717) is 18.7 Å². The van der Waals surface area contributed by atoms with Crippen molar-refractivity contribution in [2.75, 3.05) is 13.1 Å². The third-order valence-electron chi connectivity index (χ3n) is 3.77. The molecule has 1 atom stereocenters. The molecule has 1 heterocycles. The highest BCUT2D eigenvalue weighted by Crippen LogP contribution is 2.29. The molecule has 1 aromatic carbocycles. The number of amides is 1. The number of likely N-dealkylation sites (tertiary alicyclic amines) is 1. The molecular weight excluding hydrogens is 302 g/mol. The van der Waals surface area contributed by atoms with Gasteiger partial charge in [0.25, 0.3) is 5.91 Å². The van der Waals surface area contributed by atoms with Gasteiger partial charge in [-0.15, -0.1) is 12.4 Å². The number of benzene rings is 1. The van der Waals surface area contributed by atoms with Gasteiger partial charge in [0.2, 0.25) is 0 Å². The van der Waals surface area contributed by atoms with Gasteiger partial charge in [-0.3, -0.25) is 4.79 Å². The zero-order valence-corrected chi connectivity index (χ0v) is 13.1. The molecule has 2 N–H and O–H groups in total.